The molecule has 0 unspecified atom stereocenters. The highest BCUT2D eigenvalue weighted by molar-refractivity contribution is 7.17. The lowest BCUT2D eigenvalue weighted by Gasteiger charge is -2.03. The zero-order valence-corrected chi connectivity index (χ0v) is 12.5. The summed E-state index contributed by atoms with van der Waals surface area (Å²) < 4.78 is 5.52. The standard InChI is InChI=1S/C16H17NO2S/c1-3-19-13-6-4-5-12(9-13)16-17-14(11-7-8-11)15(20-16)10(2)18/h4-6,9,11H,3,7-8H2,1-2H3. The van der Waals surface area contributed by atoms with Gasteiger partial charge in [0.25, 0.3) is 0 Å². The quantitative estimate of drug-likeness (QED) is 0.770. The number of rotatable bonds is 5. The Hall–Kier alpha value is -1.68. The number of nitrogens with zero attached hydrogens (tertiary/aromatic N) is 1. The SMILES string of the molecule is CCOc1cccc(-c2nc(C3CC3)c(C(C)=O)s2)c1. The van der Waals surface area contributed by atoms with Crippen LogP contribution in [-0.4, -0.2) is 17.4 Å². The second-order valence-electron chi connectivity index (χ2n) is 5.02. The number of carbonyl (C=O) groups is 1. The molecule has 0 atom stereocenters. The fourth-order valence-electron chi connectivity index (χ4n) is 2.23. The van der Waals surface area contributed by atoms with Crippen molar-refractivity contribution >= 4 is 17.1 Å². The average Bonchev–Trinajstić information content (AvgIpc) is 3.18. The highest BCUT2D eigenvalue weighted by Gasteiger charge is 2.31. The Balaban J connectivity index is 1.99. The van der Waals surface area contributed by atoms with Crippen LogP contribution in [0.5, 0.6) is 5.75 Å². The second kappa shape index (κ2) is 5.37. The number of Topliss-reactive ketones (excluding diaryl/α,β-unsaturated/α-hetero) is 1. The molecule has 20 heavy (non-hydrogen) atoms. The predicted molar refractivity (Wildman–Crippen MR) is 80.7 cm³/mol. The van der Waals surface area contributed by atoms with E-state index in [0.29, 0.717) is 12.5 Å². The van der Waals surface area contributed by atoms with Crippen molar-refractivity contribution in [2.24, 2.45) is 0 Å². The Bertz CT molecular complexity index is 644. The molecular weight excluding hydrogens is 270 g/mol. The summed E-state index contributed by atoms with van der Waals surface area (Å²) in [7, 11) is 0. The van der Waals surface area contributed by atoms with E-state index < -0.39 is 0 Å². The lowest BCUT2D eigenvalue weighted by molar-refractivity contribution is 0.102. The number of ketones is 1. The van der Waals surface area contributed by atoms with Gasteiger partial charge in [-0.05, 0) is 31.9 Å². The molecule has 0 spiro atoms. The molecule has 1 aliphatic carbocycles. The highest BCUT2D eigenvalue weighted by atomic mass is 32.1. The van der Waals surface area contributed by atoms with Crippen LogP contribution >= 0.6 is 11.3 Å². The fourth-order valence-corrected chi connectivity index (χ4v) is 3.27. The number of benzene rings is 1. The largest absolute Gasteiger partial charge is 0.494 e. The van der Waals surface area contributed by atoms with Gasteiger partial charge in [-0.25, -0.2) is 4.98 Å². The molecule has 0 radical (unpaired) electrons. The number of thiazole rings is 1. The molecule has 0 saturated heterocycles. The molecule has 2 aromatic rings. The molecule has 0 aliphatic heterocycles. The molecule has 1 heterocycles. The van der Waals surface area contributed by atoms with Gasteiger partial charge in [0.05, 0.1) is 17.2 Å². The molecule has 1 aromatic heterocycles. The lowest BCUT2D eigenvalue weighted by Crippen LogP contribution is -1.93. The van der Waals surface area contributed by atoms with Gasteiger partial charge in [0.1, 0.15) is 10.8 Å². The van der Waals surface area contributed by atoms with E-state index >= 15 is 0 Å². The summed E-state index contributed by atoms with van der Waals surface area (Å²) >= 11 is 1.50. The Morgan fingerprint density at radius 2 is 2.25 bits per heavy atom. The van der Waals surface area contributed by atoms with Crippen LogP contribution in [0.3, 0.4) is 0 Å². The molecule has 3 rings (SSSR count). The first-order chi connectivity index (χ1) is 9.69. The van der Waals surface area contributed by atoms with E-state index in [0.717, 1.165) is 39.7 Å². The number of hydrogen-bond donors (Lipinski definition) is 0. The van der Waals surface area contributed by atoms with Gasteiger partial charge in [-0.15, -0.1) is 11.3 Å². The molecule has 1 fully saturated rings. The van der Waals surface area contributed by atoms with Gasteiger partial charge >= 0.3 is 0 Å². The van der Waals surface area contributed by atoms with Gasteiger partial charge in [-0.3, -0.25) is 4.79 Å². The Labute approximate surface area is 122 Å². The summed E-state index contributed by atoms with van der Waals surface area (Å²) in [6, 6.07) is 7.91. The highest BCUT2D eigenvalue weighted by Crippen LogP contribution is 2.44. The van der Waals surface area contributed by atoms with Crippen LogP contribution in [0.25, 0.3) is 10.6 Å². The molecule has 104 valence electrons. The van der Waals surface area contributed by atoms with Crippen molar-refractivity contribution in [2.75, 3.05) is 6.61 Å². The van der Waals surface area contributed by atoms with Crippen LogP contribution in [0.15, 0.2) is 24.3 Å². The first-order valence-electron chi connectivity index (χ1n) is 6.94. The second-order valence-corrected chi connectivity index (χ2v) is 6.02. The monoisotopic (exact) mass is 287 g/mol. The van der Waals surface area contributed by atoms with Crippen LogP contribution in [0.4, 0.5) is 0 Å². The third-order valence-electron chi connectivity index (χ3n) is 3.33. The maximum atomic E-state index is 11.8. The van der Waals surface area contributed by atoms with Gasteiger partial charge in [0, 0.05) is 18.4 Å². The molecule has 0 N–H and O–H groups in total. The van der Waals surface area contributed by atoms with Crippen molar-refractivity contribution in [3.8, 4) is 16.3 Å². The van der Waals surface area contributed by atoms with E-state index in [1.807, 2.05) is 31.2 Å². The van der Waals surface area contributed by atoms with Gasteiger partial charge in [0.2, 0.25) is 0 Å². The van der Waals surface area contributed by atoms with Crippen molar-refractivity contribution in [3.63, 3.8) is 0 Å². The van der Waals surface area contributed by atoms with E-state index in [9.17, 15) is 4.79 Å². The zero-order valence-electron chi connectivity index (χ0n) is 11.7. The predicted octanol–water partition coefficient (Wildman–Crippen LogP) is 4.29. The fraction of sp³-hybridized carbons (Fsp3) is 0.375. The molecule has 1 aliphatic rings. The van der Waals surface area contributed by atoms with E-state index in [4.69, 9.17) is 9.72 Å². The summed E-state index contributed by atoms with van der Waals surface area (Å²) in [5.41, 5.74) is 2.02. The van der Waals surface area contributed by atoms with Crippen molar-refractivity contribution in [3.05, 3.63) is 34.8 Å². The third kappa shape index (κ3) is 2.61. The Morgan fingerprint density at radius 3 is 2.90 bits per heavy atom. The minimum atomic E-state index is 0.122. The summed E-state index contributed by atoms with van der Waals surface area (Å²) in [5.74, 6) is 1.46. The molecule has 3 nitrogen and oxygen atoms in total. The first kappa shape index (κ1) is 13.3. The smallest absolute Gasteiger partial charge is 0.171 e. The maximum absolute atomic E-state index is 11.8. The third-order valence-corrected chi connectivity index (χ3v) is 4.55. The normalized spacial score (nSPS) is 14.3. The lowest BCUT2D eigenvalue weighted by atomic mass is 10.2. The van der Waals surface area contributed by atoms with Gasteiger partial charge < -0.3 is 4.74 Å². The topological polar surface area (TPSA) is 39.2 Å². The Kier molecular flexibility index (Phi) is 3.57. The van der Waals surface area contributed by atoms with Gasteiger partial charge in [0.15, 0.2) is 5.78 Å². The van der Waals surface area contributed by atoms with Crippen molar-refractivity contribution in [1.29, 1.82) is 0 Å². The summed E-state index contributed by atoms with van der Waals surface area (Å²) in [4.78, 5) is 17.3. The molecule has 1 aromatic carbocycles. The first-order valence-corrected chi connectivity index (χ1v) is 7.75. The van der Waals surface area contributed by atoms with Crippen molar-refractivity contribution in [2.45, 2.75) is 32.6 Å². The molecule has 0 bridgehead atoms. The summed E-state index contributed by atoms with van der Waals surface area (Å²) in [6.45, 7) is 4.24. The van der Waals surface area contributed by atoms with E-state index in [2.05, 4.69) is 0 Å². The molecule has 0 amide bonds. The number of carbonyl (C=O) groups excluding carboxylic acids is 1. The van der Waals surface area contributed by atoms with E-state index in [1.165, 1.54) is 11.3 Å². The van der Waals surface area contributed by atoms with Crippen LogP contribution in [0.1, 0.15) is 48.0 Å². The van der Waals surface area contributed by atoms with Crippen LogP contribution in [0, 0.1) is 0 Å². The average molecular weight is 287 g/mol. The molecular formula is C16H17NO2S. The van der Waals surface area contributed by atoms with Crippen LogP contribution in [0.2, 0.25) is 0 Å². The minimum Gasteiger partial charge on any atom is -0.494 e. The minimum absolute atomic E-state index is 0.122. The van der Waals surface area contributed by atoms with Gasteiger partial charge in [-0.2, -0.15) is 0 Å². The van der Waals surface area contributed by atoms with Crippen molar-refractivity contribution < 1.29 is 9.53 Å². The van der Waals surface area contributed by atoms with Crippen molar-refractivity contribution in [1.82, 2.24) is 4.98 Å². The van der Waals surface area contributed by atoms with E-state index in [-0.39, 0.29) is 5.78 Å². The number of aromatic nitrogens is 1. The van der Waals surface area contributed by atoms with Crippen LogP contribution < -0.4 is 4.74 Å². The molecule has 1 saturated carbocycles. The van der Waals surface area contributed by atoms with Gasteiger partial charge in [-0.1, -0.05) is 12.1 Å². The van der Waals surface area contributed by atoms with E-state index in [1.54, 1.807) is 6.92 Å². The Morgan fingerprint density at radius 1 is 1.45 bits per heavy atom. The zero-order chi connectivity index (χ0) is 14.1. The number of hydrogen-bond acceptors (Lipinski definition) is 4. The number of ether oxygens (including phenoxy) is 1. The summed E-state index contributed by atoms with van der Waals surface area (Å²) in [5, 5.41) is 0.915. The maximum Gasteiger partial charge on any atom is 0.171 e. The van der Waals surface area contributed by atoms with Crippen LogP contribution in [-0.2, 0) is 0 Å². The molecule has 4 heteroatoms. The summed E-state index contributed by atoms with van der Waals surface area (Å²) in [6.07, 6.45) is 2.31.